The molecule has 0 aliphatic rings. The molecule has 0 spiro atoms. The van der Waals surface area contributed by atoms with Gasteiger partial charge in [-0.15, -0.1) is 0 Å². The smallest absolute Gasteiger partial charge is 0.154 e. The van der Waals surface area contributed by atoms with Crippen molar-refractivity contribution in [1.82, 2.24) is 9.97 Å². The number of nitrogens with two attached hydrogens (primary N) is 1. The first-order chi connectivity index (χ1) is 8.99. The molecular formula is C14H17N5. The van der Waals surface area contributed by atoms with Crippen LogP contribution in [0.15, 0.2) is 30.5 Å². The molecule has 1 aromatic heterocycles. The number of aryl methyl sites for hydroxylation is 2. The maximum absolute atomic E-state index is 7.49. The number of hydrogen-bond donors (Lipinski definition) is 2. The minimum atomic E-state index is 0.0577. The highest BCUT2D eigenvalue weighted by atomic mass is 15.2. The van der Waals surface area contributed by atoms with Gasteiger partial charge in [0, 0.05) is 24.5 Å². The SMILES string of the molecule is Cc1cnc(C)c(N(C)c2cccc(C(=N)N)c2)n1. The molecule has 0 unspecified atom stereocenters. The summed E-state index contributed by atoms with van der Waals surface area (Å²) in [6, 6.07) is 7.51. The lowest BCUT2D eigenvalue weighted by Gasteiger charge is -2.20. The Kier molecular flexibility index (Phi) is 3.46. The van der Waals surface area contributed by atoms with Gasteiger partial charge >= 0.3 is 0 Å². The van der Waals surface area contributed by atoms with Gasteiger partial charge in [0.25, 0.3) is 0 Å². The molecule has 0 bridgehead atoms. The second kappa shape index (κ2) is 5.06. The predicted octanol–water partition coefficient (Wildman–Crippen LogP) is 2.15. The van der Waals surface area contributed by atoms with Crippen LogP contribution in [0.1, 0.15) is 17.0 Å². The summed E-state index contributed by atoms with van der Waals surface area (Å²) in [4.78, 5) is 10.8. The van der Waals surface area contributed by atoms with E-state index in [4.69, 9.17) is 11.1 Å². The van der Waals surface area contributed by atoms with E-state index < -0.39 is 0 Å². The van der Waals surface area contributed by atoms with Crippen molar-refractivity contribution in [3.63, 3.8) is 0 Å². The molecular weight excluding hydrogens is 238 g/mol. The summed E-state index contributed by atoms with van der Waals surface area (Å²) in [6.07, 6.45) is 1.75. The van der Waals surface area contributed by atoms with E-state index in [-0.39, 0.29) is 5.84 Å². The zero-order valence-electron chi connectivity index (χ0n) is 11.3. The number of nitrogen functional groups attached to an aromatic ring is 1. The topological polar surface area (TPSA) is 78.9 Å². The second-order valence-corrected chi connectivity index (χ2v) is 4.44. The lowest BCUT2D eigenvalue weighted by atomic mass is 10.1. The van der Waals surface area contributed by atoms with E-state index in [0.29, 0.717) is 5.56 Å². The molecule has 0 saturated heterocycles. The number of aromatic nitrogens is 2. The number of rotatable bonds is 3. The zero-order chi connectivity index (χ0) is 14.0. The zero-order valence-corrected chi connectivity index (χ0v) is 11.3. The maximum Gasteiger partial charge on any atom is 0.154 e. The fraction of sp³-hybridized carbons (Fsp3) is 0.214. The van der Waals surface area contributed by atoms with Crippen molar-refractivity contribution < 1.29 is 0 Å². The molecule has 1 aromatic carbocycles. The van der Waals surface area contributed by atoms with Gasteiger partial charge in [0.15, 0.2) is 5.82 Å². The van der Waals surface area contributed by atoms with E-state index in [1.54, 1.807) is 6.20 Å². The van der Waals surface area contributed by atoms with E-state index in [9.17, 15) is 0 Å². The molecule has 0 radical (unpaired) electrons. The molecule has 5 heteroatoms. The van der Waals surface area contributed by atoms with Gasteiger partial charge < -0.3 is 10.6 Å². The number of nitrogens with one attached hydrogen (secondary N) is 1. The molecule has 5 nitrogen and oxygen atoms in total. The van der Waals surface area contributed by atoms with Crippen LogP contribution in [-0.2, 0) is 0 Å². The molecule has 0 fully saturated rings. The Morgan fingerprint density at radius 1 is 1.32 bits per heavy atom. The molecule has 2 aromatic rings. The van der Waals surface area contributed by atoms with E-state index in [1.807, 2.05) is 50.1 Å². The molecule has 0 amide bonds. The van der Waals surface area contributed by atoms with Crippen LogP contribution in [0.25, 0.3) is 0 Å². The average molecular weight is 255 g/mol. The number of hydrogen-bond acceptors (Lipinski definition) is 4. The Morgan fingerprint density at radius 3 is 2.74 bits per heavy atom. The molecule has 98 valence electrons. The van der Waals surface area contributed by atoms with Gasteiger partial charge in [-0.1, -0.05) is 12.1 Å². The summed E-state index contributed by atoms with van der Waals surface area (Å²) in [5.41, 5.74) is 8.87. The van der Waals surface area contributed by atoms with Crippen LogP contribution in [-0.4, -0.2) is 22.9 Å². The van der Waals surface area contributed by atoms with E-state index >= 15 is 0 Å². The third-order valence-electron chi connectivity index (χ3n) is 2.91. The highest BCUT2D eigenvalue weighted by Crippen LogP contribution is 2.24. The Hall–Kier alpha value is -2.43. The molecule has 2 rings (SSSR count). The second-order valence-electron chi connectivity index (χ2n) is 4.44. The van der Waals surface area contributed by atoms with Gasteiger partial charge in [-0.05, 0) is 26.0 Å². The lowest BCUT2D eigenvalue weighted by Crippen LogP contribution is -2.16. The summed E-state index contributed by atoms with van der Waals surface area (Å²) in [7, 11) is 1.93. The molecule has 3 N–H and O–H groups in total. The Morgan fingerprint density at radius 2 is 2.05 bits per heavy atom. The average Bonchev–Trinajstić information content (AvgIpc) is 2.41. The van der Waals surface area contributed by atoms with Crippen molar-refractivity contribution in [3.05, 3.63) is 47.4 Å². The monoisotopic (exact) mass is 255 g/mol. The van der Waals surface area contributed by atoms with Gasteiger partial charge in [-0.2, -0.15) is 0 Å². The normalized spacial score (nSPS) is 10.3. The van der Waals surface area contributed by atoms with E-state index in [1.165, 1.54) is 0 Å². The van der Waals surface area contributed by atoms with Crippen molar-refractivity contribution in [2.75, 3.05) is 11.9 Å². The third-order valence-corrected chi connectivity index (χ3v) is 2.91. The number of benzene rings is 1. The number of anilines is 2. The first kappa shape index (κ1) is 13.0. The van der Waals surface area contributed by atoms with Crippen LogP contribution in [0.2, 0.25) is 0 Å². The lowest BCUT2D eigenvalue weighted by molar-refractivity contribution is 1.01. The minimum absolute atomic E-state index is 0.0577. The van der Waals surface area contributed by atoms with Gasteiger partial charge in [0.1, 0.15) is 5.84 Å². The highest BCUT2D eigenvalue weighted by Gasteiger charge is 2.10. The molecule has 1 heterocycles. The molecule has 0 aliphatic carbocycles. The fourth-order valence-corrected chi connectivity index (χ4v) is 1.85. The maximum atomic E-state index is 7.49. The molecule has 0 saturated carbocycles. The van der Waals surface area contributed by atoms with E-state index in [0.717, 1.165) is 22.9 Å². The fourth-order valence-electron chi connectivity index (χ4n) is 1.85. The van der Waals surface area contributed by atoms with Crippen molar-refractivity contribution in [2.24, 2.45) is 5.73 Å². The molecule has 0 atom stereocenters. The van der Waals surface area contributed by atoms with Crippen LogP contribution in [0.5, 0.6) is 0 Å². The number of nitrogens with zero attached hydrogens (tertiary/aromatic N) is 3. The Bertz CT molecular complexity index is 621. The van der Waals surface area contributed by atoms with Crippen molar-refractivity contribution in [1.29, 1.82) is 5.41 Å². The standard InChI is InChI=1S/C14H17N5/c1-9-8-17-10(2)14(18-9)19(3)12-6-4-5-11(7-12)13(15)16/h4-8H,1-3H3,(H3,15,16). The molecule has 0 aliphatic heterocycles. The van der Waals surface area contributed by atoms with Gasteiger partial charge in [-0.25, -0.2) is 4.98 Å². The van der Waals surface area contributed by atoms with Crippen LogP contribution in [0.4, 0.5) is 11.5 Å². The summed E-state index contributed by atoms with van der Waals surface area (Å²) >= 11 is 0. The highest BCUT2D eigenvalue weighted by molar-refractivity contribution is 5.96. The minimum Gasteiger partial charge on any atom is -0.384 e. The van der Waals surface area contributed by atoms with Crippen LogP contribution < -0.4 is 10.6 Å². The largest absolute Gasteiger partial charge is 0.384 e. The van der Waals surface area contributed by atoms with Crippen molar-refractivity contribution in [2.45, 2.75) is 13.8 Å². The predicted molar refractivity (Wildman–Crippen MR) is 77.0 cm³/mol. The Balaban J connectivity index is 2.43. The molecule has 19 heavy (non-hydrogen) atoms. The quantitative estimate of drug-likeness (QED) is 0.650. The van der Waals surface area contributed by atoms with Gasteiger partial charge in [-0.3, -0.25) is 10.4 Å². The van der Waals surface area contributed by atoms with Crippen LogP contribution in [0.3, 0.4) is 0 Å². The van der Waals surface area contributed by atoms with Crippen LogP contribution in [0, 0.1) is 19.3 Å². The summed E-state index contributed by atoms with van der Waals surface area (Å²) in [5.74, 6) is 0.864. The number of amidine groups is 1. The Labute approximate surface area is 112 Å². The van der Waals surface area contributed by atoms with Gasteiger partial charge in [0.05, 0.1) is 11.4 Å². The van der Waals surface area contributed by atoms with Gasteiger partial charge in [0.2, 0.25) is 0 Å². The third kappa shape index (κ3) is 2.70. The van der Waals surface area contributed by atoms with Crippen LogP contribution >= 0.6 is 0 Å². The van der Waals surface area contributed by atoms with E-state index in [2.05, 4.69) is 9.97 Å². The summed E-state index contributed by atoms with van der Waals surface area (Å²) in [5, 5.41) is 7.49. The first-order valence-electron chi connectivity index (χ1n) is 5.97. The van der Waals surface area contributed by atoms with Crippen molar-refractivity contribution >= 4 is 17.3 Å². The van der Waals surface area contributed by atoms with Crippen molar-refractivity contribution in [3.8, 4) is 0 Å². The summed E-state index contributed by atoms with van der Waals surface area (Å²) < 4.78 is 0. The first-order valence-corrected chi connectivity index (χ1v) is 5.97. The summed E-state index contributed by atoms with van der Waals surface area (Å²) in [6.45, 7) is 3.84.